The molecule has 2 atom stereocenters. The van der Waals surface area contributed by atoms with E-state index in [1.807, 2.05) is 24.4 Å². The van der Waals surface area contributed by atoms with Crippen LogP contribution < -0.4 is 5.73 Å². The zero-order valence-electron chi connectivity index (χ0n) is 7.37. The van der Waals surface area contributed by atoms with E-state index in [1.54, 1.807) is 0 Å². The van der Waals surface area contributed by atoms with Crippen molar-refractivity contribution in [1.29, 1.82) is 0 Å². The highest BCUT2D eigenvalue weighted by Crippen LogP contribution is 2.34. The molecule has 13 heavy (non-hydrogen) atoms. The SMILES string of the molecule is C[C@H]1C=Nc2ccc(Br)cc2C1N. The monoisotopic (exact) mass is 238 g/mol. The van der Waals surface area contributed by atoms with Crippen LogP contribution in [0.15, 0.2) is 27.7 Å². The maximum Gasteiger partial charge on any atom is 0.0674 e. The Morgan fingerprint density at radius 1 is 1.46 bits per heavy atom. The molecule has 2 nitrogen and oxygen atoms in total. The summed E-state index contributed by atoms with van der Waals surface area (Å²) in [4.78, 5) is 4.34. The lowest BCUT2D eigenvalue weighted by Gasteiger charge is -2.22. The van der Waals surface area contributed by atoms with E-state index in [1.165, 1.54) is 0 Å². The fourth-order valence-electron chi connectivity index (χ4n) is 1.48. The molecule has 0 spiro atoms. The van der Waals surface area contributed by atoms with Crippen molar-refractivity contribution in [3.8, 4) is 0 Å². The van der Waals surface area contributed by atoms with Crippen LogP contribution in [0.5, 0.6) is 0 Å². The van der Waals surface area contributed by atoms with Gasteiger partial charge in [0, 0.05) is 22.6 Å². The van der Waals surface area contributed by atoms with Gasteiger partial charge in [0.1, 0.15) is 0 Å². The van der Waals surface area contributed by atoms with Crippen LogP contribution in [-0.2, 0) is 0 Å². The van der Waals surface area contributed by atoms with Gasteiger partial charge >= 0.3 is 0 Å². The van der Waals surface area contributed by atoms with Crippen molar-refractivity contribution in [2.24, 2.45) is 16.6 Å². The molecule has 1 aliphatic rings. The lowest BCUT2D eigenvalue weighted by atomic mass is 9.93. The summed E-state index contributed by atoms with van der Waals surface area (Å²) in [5.41, 5.74) is 8.17. The molecule has 0 amide bonds. The van der Waals surface area contributed by atoms with Crippen LogP contribution in [0.4, 0.5) is 5.69 Å². The van der Waals surface area contributed by atoms with Gasteiger partial charge in [-0.05, 0) is 23.8 Å². The summed E-state index contributed by atoms with van der Waals surface area (Å²) < 4.78 is 1.06. The van der Waals surface area contributed by atoms with Crippen LogP contribution in [-0.4, -0.2) is 6.21 Å². The Bertz CT molecular complexity index is 360. The summed E-state index contributed by atoms with van der Waals surface area (Å²) in [6.45, 7) is 2.08. The van der Waals surface area contributed by atoms with Gasteiger partial charge < -0.3 is 5.73 Å². The van der Waals surface area contributed by atoms with Crippen LogP contribution in [0.25, 0.3) is 0 Å². The van der Waals surface area contributed by atoms with E-state index in [0.717, 1.165) is 15.7 Å². The lowest BCUT2D eigenvalue weighted by molar-refractivity contribution is 0.599. The minimum atomic E-state index is 0.0741. The molecule has 1 aromatic rings. The molecule has 1 heterocycles. The Hall–Kier alpha value is -0.670. The summed E-state index contributed by atoms with van der Waals surface area (Å²) in [6, 6.07) is 6.10. The number of fused-ring (bicyclic) bond motifs is 1. The van der Waals surface area contributed by atoms with Gasteiger partial charge in [-0.1, -0.05) is 22.9 Å². The third kappa shape index (κ3) is 1.54. The molecule has 0 radical (unpaired) electrons. The fraction of sp³-hybridized carbons (Fsp3) is 0.300. The van der Waals surface area contributed by atoms with Gasteiger partial charge in [-0.15, -0.1) is 0 Å². The van der Waals surface area contributed by atoms with Gasteiger partial charge in [0.2, 0.25) is 0 Å². The van der Waals surface area contributed by atoms with Gasteiger partial charge in [0.05, 0.1) is 5.69 Å². The number of hydrogen-bond acceptors (Lipinski definition) is 2. The minimum Gasteiger partial charge on any atom is -0.323 e. The van der Waals surface area contributed by atoms with Crippen LogP contribution in [0.1, 0.15) is 18.5 Å². The number of aliphatic imine (C=N–C) groups is 1. The molecule has 1 aliphatic heterocycles. The second kappa shape index (κ2) is 3.24. The Balaban J connectivity index is 2.54. The number of hydrogen-bond donors (Lipinski definition) is 1. The molecule has 0 saturated carbocycles. The van der Waals surface area contributed by atoms with Gasteiger partial charge in [-0.2, -0.15) is 0 Å². The van der Waals surface area contributed by atoms with Crippen molar-refractivity contribution in [2.45, 2.75) is 13.0 Å². The second-order valence-corrected chi connectivity index (χ2v) is 4.28. The minimum absolute atomic E-state index is 0.0741. The summed E-state index contributed by atoms with van der Waals surface area (Å²) in [5, 5.41) is 0. The number of nitrogens with zero attached hydrogens (tertiary/aromatic N) is 1. The van der Waals surface area contributed by atoms with Crippen molar-refractivity contribution >= 4 is 27.8 Å². The first-order valence-electron chi connectivity index (χ1n) is 4.27. The number of rotatable bonds is 0. The van der Waals surface area contributed by atoms with Gasteiger partial charge in [0.15, 0.2) is 0 Å². The molecule has 0 saturated heterocycles. The van der Waals surface area contributed by atoms with Crippen LogP contribution in [0.3, 0.4) is 0 Å². The predicted molar refractivity (Wildman–Crippen MR) is 58.4 cm³/mol. The Kier molecular flexibility index (Phi) is 2.22. The second-order valence-electron chi connectivity index (χ2n) is 3.37. The molecule has 2 N–H and O–H groups in total. The van der Waals surface area contributed by atoms with Crippen molar-refractivity contribution in [1.82, 2.24) is 0 Å². The Morgan fingerprint density at radius 3 is 3.00 bits per heavy atom. The van der Waals surface area contributed by atoms with Crippen molar-refractivity contribution in [2.75, 3.05) is 0 Å². The number of benzene rings is 1. The van der Waals surface area contributed by atoms with Crippen LogP contribution in [0.2, 0.25) is 0 Å². The normalized spacial score (nSPS) is 25.8. The van der Waals surface area contributed by atoms with Gasteiger partial charge in [-0.3, -0.25) is 4.99 Å². The summed E-state index contributed by atoms with van der Waals surface area (Å²) in [6.07, 6.45) is 1.92. The maximum absolute atomic E-state index is 6.05. The van der Waals surface area contributed by atoms with Gasteiger partial charge in [0.25, 0.3) is 0 Å². The first kappa shape index (κ1) is 8.91. The molecule has 3 heteroatoms. The molecule has 2 rings (SSSR count). The molecule has 68 valence electrons. The largest absolute Gasteiger partial charge is 0.323 e. The third-order valence-corrected chi connectivity index (χ3v) is 2.86. The zero-order valence-corrected chi connectivity index (χ0v) is 8.95. The van der Waals surface area contributed by atoms with Gasteiger partial charge in [-0.25, -0.2) is 0 Å². The average Bonchev–Trinajstić information content (AvgIpc) is 2.12. The van der Waals surface area contributed by atoms with E-state index < -0.39 is 0 Å². The highest BCUT2D eigenvalue weighted by molar-refractivity contribution is 9.10. The Labute approximate surface area is 86.0 Å². The molecular formula is C10H11BrN2. The quantitative estimate of drug-likeness (QED) is 0.742. The molecule has 0 fully saturated rings. The molecule has 0 bridgehead atoms. The van der Waals surface area contributed by atoms with Crippen molar-refractivity contribution in [3.63, 3.8) is 0 Å². The van der Waals surface area contributed by atoms with Crippen LogP contribution >= 0.6 is 15.9 Å². The number of nitrogens with two attached hydrogens (primary N) is 1. The average molecular weight is 239 g/mol. The third-order valence-electron chi connectivity index (χ3n) is 2.36. The maximum atomic E-state index is 6.05. The van der Waals surface area contributed by atoms with E-state index in [0.29, 0.717) is 5.92 Å². The number of halogens is 1. The topological polar surface area (TPSA) is 38.4 Å². The summed E-state index contributed by atoms with van der Waals surface area (Å²) in [7, 11) is 0. The van der Waals surface area contributed by atoms with E-state index >= 15 is 0 Å². The van der Waals surface area contributed by atoms with Crippen LogP contribution in [0, 0.1) is 5.92 Å². The van der Waals surface area contributed by atoms with Crippen molar-refractivity contribution in [3.05, 3.63) is 28.2 Å². The predicted octanol–water partition coefficient (Wildman–Crippen LogP) is 2.80. The van der Waals surface area contributed by atoms with E-state index in [-0.39, 0.29) is 6.04 Å². The smallest absolute Gasteiger partial charge is 0.0674 e. The van der Waals surface area contributed by atoms with E-state index in [9.17, 15) is 0 Å². The molecule has 1 aromatic carbocycles. The standard InChI is InChI=1S/C10H11BrN2/c1-6-5-13-9-3-2-7(11)4-8(9)10(6)12/h2-6,10H,12H2,1H3/t6-,10?/m0/s1. The molecular weight excluding hydrogens is 228 g/mol. The Morgan fingerprint density at radius 2 is 2.23 bits per heavy atom. The fourth-order valence-corrected chi connectivity index (χ4v) is 1.86. The summed E-state index contributed by atoms with van der Waals surface area (Å²) in [5.74, 6) is 0.321. The highest BCUT2D eigenvalue weighted by atomic mass is 79.9. The first-order valence-corrected chi connectivity index (χ1v) is 5.07. The van der Waals surface area contributed by atoms with E-state index in [2.05, 4.69) is 27.8 Å². The summed E-state index contributed by atoms with van der Waals surface area (Å²) >= 11 is 3.43. The molecule has 0 aromatic heterocycles. The van der Waals surface area contributed by atoms with E-state index in [4.69, 9.17) is 5.73 Å². The lowest BCUT2D eigenvalue weighted by Crippen LogP contribution is -2.22. The molecule has 1 unspecified atom stereocenters. The van der Waals surface area contributed by atoms with Crippen molar-refractivity contribution < 1.29 is 0 Å². The zero-order chi connectivity index (χ0) is 9.42. The first-order chi connectivity index (χ1) is 6.18. The highest BCUT2D eigenvalue weighted by Gasteiger charge is 2.20. The molecule has 0 aliphatic carbocycles.